The number of amides is 1. The van der Waals surface area contributed by atoms with Crippen LogP contribution in [0.1, 0.15) is 58.8 Å². The molecule has 132 valence electrons. The minimum absolute atomic E-state index is 0.0795. The molecule has 2 fully saturated rings. The van der Waals surface area contributed by atoms with Crippen molar-refractivity contribution in [2.45, 2.75) is 70.9 Å². The third kappa shape index (κ3) is 6.67. The summed E-state index contributed by atoms with van der Waals surface area (Å²) in [6.07, 6.45) is 8.38. The van der Waals surface area contributed by atoms with Crippen LogP contribution in [0.15, 0.2) is 4.99 Å². The summed E-state index contributed by atoms with van der Waals surface area (Å²) < 4.78 is 5.00. The number of guanidine groups is 1. The van der Waals surface area contributed by atoms with Crippen molar-refractivity contribution in [1.29, 1.82) is 0 Å². The van der Waals surface area contributed by atoms with Gasteiger partial charge in [-0.1, -0.05) is 19.3 Å². The summed E-state index contributed by atoms with van der Waals surface area (Å²) >= 11 is 0. The lowest BCUT2D eigenvalue weighted by molar-refractivity contribution is 0.147. The van der Waals surface area contributed by atoms with Crippen LogP contribution >= 0.6 is 0 Å². The number of carbonyl (C=O) groups excluding carboxylic acids is 1. The molecule has 1 amide bonds. The summed E-state index contributed by atoms with van der Waals surface area (Å²) in [5.74, 6) is 1.41. The summed E-state index contributed by atoms with van der Waals surface area (Å²) in [5, 5.41) is 9.82. The number of hydrogen-bond donors (Lipinski definition) is 3. The molecule has 6 heteroatoms. The van der Waals surface area contributed by atoms with E-state index >= 15 is 0 Å². The van der Waals surface area contributed by atoms with Gasteiger partial charge in [-0.05, 0) is 45.4 Å². The smallest absolute Gasteiger partial charge is 0.407 e. The molecule has 0 aromatic heterocycles. The average Bonchev–Trinajstić information content (AvgIpc) is 3.37. The van der Waals surface area contributed by atoms with Crippen molar-refractivity contribution in [3.63, 3.8) is 0 Å². The lowest BCUT2D eigenvalue weighted by Crippen LogP contribution is -2.45. The van der Waals surface area contributed by atoms with Crippen molar-refractivity contribution in [2.75, 3.05) is 19.7 Å². The fourth-order valence-electron chi connectivity index (χ4n) is 3.09. The van der Waals surface area contributed by atoms with Crippen LogP contribution < -0.4 is 16.0 Å². The Bertz CT molecular complexity index is 390. The quantitative estimate of drug-likeness (QED) is 0.496. The molecular weight excluding hydrogens is 292 g/mol. The van der Waals surface area contributed by atoms with E-state index in [1.807, 2.05) is 6.92 Å². The predicted molar refractivity (Wildman–Crippen MR) is 92.7 cm³/mol. The van der Waals surface area contributed by atoms with E-state index < -0.39 is 0 Å². The number of aliphatic imine (C=N–C) groups is 1. The zero-order chi connectivity index (χ0) is 16.5. The summed E-state index contributed by atoms with van der Waals surface area (Å²) in [5.41, 5.74) is 0. The van der Waals surface area contributed by atoms with E-state index in [0.717, 1.165) is 12.5 Å². The maximum atomic E-state index is 11.7. The SMILES string of the molecule is CCNC(=NCC(NC(=O)OCC)C1CC1)NC1CCCCC1. The molecule has 0 spiro atoms. The zero-order valence-corrected chi connectivity index (χ0v) is 14.6. The maximum Gasteiger partial charge on any atom is 0.407 e. The van der Waals surface area contributed by atoms with E-state index in [0.29, 0.717) is 25.1 Å². The minimum Gasteiger partial charge on any atom is -0.450 e. The first-order valence-corrected chi connectivity index (χ1v) is 9.21. The molecule has 0 heterocycles. The molecule has 1 atom stereocenters. The minimum atomic E-state index is -0.329. The second kappa shape index (κ2) is 9.63. The Morgan fingerprint density at radius 1 is 1.17 bits per heavy atom. The number of ether oxygens (including phenoxy) is 1. The van der Waals surface area contributed by atoms with Gasteiger partial charge >= 0.3 is 6.09 Å². The van der Waals surface area contributed by atoms with Crippen LogP contribution in [0.25, 0.3) is 0 Å². The average molecular weight is 324 g/mol. The van der Waals surface area contributed by atoms with E-state index in [9.17, 15) is 4.79 Å². The Kier molecular flexibility index (Phi) is 7.49. The highest BCUT2D eigenvalue weighted by molar-refractivity contribution is 5.80. The zero-order valence-electron chi connectivity index (χ0n) is 14.6. The first-order chi connectivity index (χ1) is 11.2. The maximum absolute atomic E-state index is 11.7. The van der Waals surface area contributed by atoms with E-state index in [2.05, 4.69) is 22.9 Å². The molecule has 2 aliphatic carbocycles. The molecule has 0 bridgehead atoms. The van der Waals surface area contributed by atoms with Crippen molar-refractivity contribution in [2.24, 2.45) is 10.9 Å². The van der Waals surface area contributed by atoms with Gasteiger partial charge in [0.05, 0.1) is 19.2 Å². The molecule has 2 saturated carbocycles. The monoisotopic (exact) mass is 324 g/mol. The molecule has 0 aromatic carbocycles. The number of hydrogen-bond acceptors (Lipinski definition) is 3. The van der Waals surface area contributed by atoms with Crippen LogP contribution in [0.2, 0.25) is 0 Å². The highest BCUT2D eigenvalue weighted by atomic mass is 16.5. The fraction of sp³-hybridized carbons (Fsp3) is 0.882. The van der Waals surface area contributed by atoms with Gasteiger partial charge in [0.25, 0.3) is 0 Å². The molecule has 6 nitrogen and oxygen atoms in total. The number of carbonyl (C=O) groups is 1. The number of alkyl carbamates (subject to hydrolysis) is 1. The molecule has 0 aromatic rings. The Labute approximate surface area is 139 Å². The van der Waals surface area contributed by atoms with E-state index in [4.69, 9.17) is 9.73 Å². The molecule has 0 radical (unpaired) electrons. The Balaban J connectivity index is 1.86. The van der Waals surface area contributed by atoms with Crippen LogP contribution in [0, 0.1) is 5.92 Å². The molecule has 2 aliphatic rings. The Morgan fingerprint density at radius 2 is 1.91 bits per heavy atom. The van der Waals surface area contributed by atoms with Gasteiger partial charge in [-0.15, -0.1) is 0 Å². The van der Waals surface area contributed by atoms with Crippen LogP contribution in [0.4, 0.5) is 4.79 Å². The molecule has 1 unspecified atom stereocenters. The van der Waals surface area contributed by atoms with Gasteiger partial charge in [0.15, 0.2) is 5.96 Å². The van der Waals surface area contributed by atoms with E-state index in [1.54, 1.807) is 0 Å². The Morgan fingerprint density at radius 3 is 2.52 bits per heavy atom. The van der Waals surface area contributed by atoms with Gasteiger partial charge in [-0.2, -0.15) is 0 Å². The predicted octanol–water partition coefficient (Wildman–Crippen LogP) is 2.40. The van der Waals surface area contributed by atoms with Crippen LogP contribution in [0.3, 0.4) is 0 Å². The number of rotatable bonds is 7. The van der Waals surface area contributed by atoms with Gasteiger partial charge in [0.2, 0.25) is 0 Å². The van der Waals surface area contributed by atoms with Crippen LogP contribution in [-0.2, 0) is 4.74 Å². The third-order valence-corrected chi connectivity index (χ3v) is 4.51. The van der Waals surface area contributed by atoms with E-state index in [1.165, 1.54) is 44.9 Å². The van der Waals surface area contributed by atoms with Gasteiger partial charge in [0.1, 0.15) is 0 Å². The van der Waals surface area contributed by atoms with Crippen molar-refractivity contribution in [1.82, 2.24) is 16.0 Å². The van der Waals surface area contributed by atoms with Crippen molar-refractivity contribution < 1.29 is 9.53 Å². The normalized spacial score (nSPS) is 20.7. The molecule has 0 saturated heterocycles. The molecule has 0 aliphatic heterocycles. The highest BCUT2D eigenvalue weighted by Gasteiger charge is 2.32. The van der Waals surface area contributed by atoms with Gasteiger partial charge in [0, 0.05) is 12.6 Å². The highest BCUT2D eigenvalue weighted by Crippen LogP contribution is 2.32. The lowest BCUT2D eigenvalue weighted by atomic mass is 9.96. The first kappa shape index (κ1) is 17.9. The van der Waals surface area contributed by atoms with Crippen molar-refractivity contribution in [3.8, 4) is 0 Å². The fourth-order valence-corrected chi connectivity index (χ4v) is 3.09. The van der Waals surface area contributed by atoms with Crippen molar-refractivity contribution >= 4 is 12.1 Å². The van der Waals surface area contributed by atoms with Crippen LogP contribution in [0.5, 0.6) is 0 Å². The van der Waals surface area contributed by atoms with Crippen molar-refractivity contribution in [3.05, 3.63) is 0 Å². The number of nitrogens with zero attached hydrogens (tertiary/aromatic N) is 1. The van der Waals surface area contributed by atoms with Crippen LogP contribution in [-0.4, -0.2) is 43.8 Å². The summed E-state index contributed by atoms with van der Waals surface area (Å²) in [4.78, 5) is 16.4. The second-order valence-corrected chi connectivity index (χ2v) is 6.51. The summed E-state index contributed by atoms with van der Waals surface area (Å²) in [6.45, 7) is 5.75. The van der Waals surface area contributed by atoms with Gasteiger partial charge in [-0.3, -0.25) is 4.99 Å². The second-order valence-electron chi connectivity index (χ2n) is 6.51. The first-order valence-electron chi connectivity index (χ1n) is 9.21. The standard InChI is InChI=1S/C17H32N4O2/c1-3-18-16(20-14-8-6-5-7-9-14)19-12-15(13-10-11-13)21-17(22)23-4-2/h13-15H,3-12H2,1-2H3,(H,21,22)(H2,18,19,20). The third-order valence-electron chi connectivity index (χ3n) is 4.51. The Hall–Kier alpha value is -1.46. The topological polar surface area (TPSA) is 74.8 Å². The molecule has 3 N–H and O–H groups in total. The molecule has 23 heavy (non-hydrogen) atoms. The summed E-state index contributed by atoms with van der Waals surface area (Å²) in [6, 6.07) is 0.606. The largest absolute Gasteiger partial charge is 0.450 e. The van der Waals surface area contributed by atoms with E-state index in [-0.39, 0.29) is 12.1 Å². The lowest BCUT2D eigenvalue weighted by Gasteiger charge is -2.25. The number of nitrogens with one attached hydrogen (secondary N) is 3. The molecular formula is C17H32N4O2. The summed E-state index contributed by atoms with van der Waals surface area (Å²) in [7, 11) is 0. The van der Waals surface area contributed by atoms with Gasteiger partial charge < -0.3 is 20.7 Å². The van der Waals surface area contributed by atoms with Gasteiger partial charge in [-0.25, -0.2) is 4.79 Å². The molecule has 2 rings (SSSR count).